The third-order valence-electron chi connectivity index (χ3n) is 2.67. The molecule has 1 rings (SSSR count). The topological polar surface area (TPSA) is 21.3 Å². The Morgan fingerprint density at radius 1 is 1.22 bits per heavy atom. The van der Waals surface area contributed by atoms with Crippen molar-refractivity contribution in [3.8, 4) is 5.75 Å². The number of nitrogens with one attached hydrogen (secondary N) is 1. The van der Waals surface area contributed by atoms with Crippen LogP contribution in [0.25, 0.3) is 0 Å². The Morgan fingerprint density at radius 2 is 2.00 bits per heavy atom. The molecule has 1 aromatic carbocycles. The molecule has 0 bridgehead atoms. The number of hydrogen-bond acceptors (Lipinski definition) is 2. The van der Waals surface area contributed by atoms with Crippen molar-refractivity contribution in [1.82, 2.24) is 5.32 Å². The molecule has 0 spiro atoms. The molecule has 0 heterocycles. The normalized spacial score (nSPS) is 10.6. The molecule has 1 aromatic rings. The van der Waals surface area contributed by atoms with Crippen LogP contribution in [0.3, 0.4) is 0 Å². The molecule has 0 aromatic heterocycles. The molecule has 0 radical (unpaired) electrons. The number of ether oxygens (including phenoxy) is 1. The Morgan fingerprint density at radius 3 is 2.78 bits per heavy atom. The highest BCUT2D eigenvalue weighted by Gasteiger charge is 2.06. The fraction of sp³-hybridized carbons (Fsp3) is 0.571. The summed E-state index contributed by atoms with van der Waals surface area (Å²) in [5.74, 6) is -0.221. The average Bonchev–Trinajstić information content (AvgIpc) is 2.37. The average molecular weight is 274 g/mol. The predicted molar refractivity (Wildman–Crippen MR) is 73.9 cm³/mol. The van der Waals surface area contributed by atoms with Crippen LogP contribution in [0.15, 0.2) is 18.2 Å². The van der Waals surface area contributed by atoms with E-state index in [0.717, 1.165) is 25.9 Å². The summed E-state index contributed by atoms with van der Waals surface area (Å²) in [6, 6.07) is 4.81. The van der Waals surface area contributed by atoms with Gasteiger partial charge in [-0.1, -0.05) is 37.4 Å². The van der Waals surface area contributed by atoms with Gasteiger partial charge >= 0.3 is 0 Å². The van der Waals surface area contributed by atoms with Crippen molar-refractivity contribution in [3.63, 3.8) is 0 Å². The first-order valence-electron chi connectivity index (χ1n) is 6.53. The van der Waals surface area contributed by atoms with Crippen LogP contribution in [0.4, 0.5) is 4.39 Å². The molecule has 0 unspecified atom stereocenters. The van der Waals surface area contributed by atoms with Gasteiger partial charge in [-0.2, -0.15) is 0 Å². The van der Waals surface area contributed by atoms with E-state index in [2.05, 4.69) is 12.2 Å². The molecule has 0 amide bonds. The third kappa shape index (κ3) is 5.69. The Kier molecular flexibility index (Phi) is 7.78. The molecule has 0 fully saturated rings. The van der Waals surface area contributed by atoms with E-state index < -0.39 is 5.82 Å². The first-order valence-corrected chi connectivity index (χ1v) is 6.91. The summed E-state index contributed by atoms with van der Waals surface area (Å²) in [4.78, 5) is 0. The van der Waals surface area contributed by atoms with Crippen LogP contribution in [0, 0.1) is 5.82 Å². The second kappa shape index (κ2) is 9.17. The van der Waals surface area contributed by atoms with Gasteiger partial charge in [0, 0.05) is 0 Å². The van der Waals surface area contributed by atoms with Crippen molar-refractivity contribution in [2.45, 2.75) is 32.6 Å². The summed E-state index contributed by atoms with van der Waals surface area (Å²) >= 11 is 5.66. The maximum Gasteiger partial charge on any atom is 0.183 e. The summed E-state index contributed by atoms with van der Waals surface area (Å²) in [5, 5.41) is 3.39. The Balaban J connectivity index is 2.09. The number of rotatable bonds is 9. The van der Waals surface area contributed by atoms with E-state index in [1.54, 1.807) is 12.1 Å². The molecule has 0 atom stereocenters. The lowest BCUT2D eigenvalue weighted by molar-refractivity contribution is 0.290. The second-order valence-electron chi connectivity index (χ2n) is 4.17. The van der Waals surface area contributed by atoms with Gasteiger partial charge in [0.15, 0.2) is 11.6 Å². The van der Waals surface area contributed by atoms with Gasteiger partial charge in [-0.15, -0.1) is 0 Å². The van der Waals surface area contributed by atoms with Crippen molar-refractivity contribution < 1.29 is 9.13 Å². The van der Waals surface area contributed by atoms with Gasteiger partial charge in [0.25, 0.3) is 0 Å². The van der Waals surface area contributed by atoms with E-state index in [0.29, 0.717) is 6.61 Å². The fourth-order valence-corrected chi connectivity index (χ4v) is 1.83. The highest BCUT2D eigenvalue weighted by Crippen LogP contribution is 2.24. The highest BCUT2D eigenvalue weighted by atomic mass is 35.5. The lowest BCUT2D eigenvalue weighted by Gasteiger charge is -2.07. The first-order chi connectivity index (χ1) is 8.75. The maximum absolute atomic E-state index is 13.5. The van der Waals surface area contributed by atoms with E-state index in [1.807, 2.05) is 0 Å². The van der Waals surface area contributed by atoms with E-state index >= 15 is 0 Å². The third-order valence-corrected chi connectivity index (χ3v) is 2.96. The van der Waals surface area contributed by atoms with E-state index in [9.17, 15) is 4.39 Å². The van der Waals surface area contributed by atoms with Crippen molar-refractivity contribution in [2.75, 3.05) is 19.7 Å². The molecule has 2 nitrogen and oxygen atoms in total. The zero-order chi connectivity index (χ0) is 13.2. The molecular weight excluding hydrogens is 253 g/mol. The monoisotopic (exact) mass is 273 g/mol. The number of hydrogen-bond donors (Lipinski definition) is 1. The van der Waals surface area contributed by atoms with Crippen LogP contribution >= 0.6 is 11.6 Å². The quantitative estimate of drug-likeness (QED) is 0.686. The van der Waals surface area contributed by atoms with Crippen LogP contribution in [-0.2, 0) is 0 Å². The SMILES string of the molecule is CCNCCCCCCOc1cccc(Cl)c1F. The summed E-state index contributed by atoms with van der Waals surface area (Å²) < 4.78 is 18.8. The number of unbranched alkanes of at least 4 members (excludes halogenated alkanes) is 3. The molecule has 1 N–H and O–H groups in total. The molecule has 102 valence electrons. The number of benzene rings is 1. The van der Waals surface area contributed by atoms with Crippen molar-refractivity contribution in [1.29, 1.82) is 0 Å². The van der Waals surface area contributed by atoms with Gasteiger partial charge in [-0.25, -0.2) is 4.39 Å². The predicted octanol–water partition coefficient (Wildman–Crippen LogP) is 4.03. The molecule has 0 aliphatic carbocycles. The van der Waals surface area contributed by atoms with Gasteiger partial charge < -0.3 is 10.1 Å². The van der Waals surface area contributed by atoms with Crippen molar-refractivity contribution >= 4 is 11.6 Å². The smallest absolute Gasteiger partial charge is 0.183 e. The van der Waals surface area contributed by atoms with Gasteiger partial charge in [0.2, 0.25) is 0 Å². The minimum atomic E-state index is -0.466. The zero-order valence-electron chi connectivity index (χ0n) is 10.8. The molecule has 18 heavy (non-hydrogen) atoms. The summed E-state index contributed by atoms with van der Waals surface area (Å²) in [6.07, 6.45) is 4.40. The molecule has 0 saturated heterocycles. The Hall–Kier alpha value is -0.800. The van der Waals surface area contributed by atoms with Gasteiger partial charge in [-0.05, 0) is 38.1 Å². The van der Waals surface area contributed by atoms with Gasteiger partial charge in [0.05, 0.1) is 11.6 Å². The van der Waals surface area contributed by atoms with Crippen LogP contribution in [0.1, 0.15) is 32.6 Å². The van der Waals surface area contributed by atoms with E-state index in [1.165, 1.54) is 18.9 Å². The summed E-state index contributed by atoms with van der Waals surface area (Å²) in [6.45, 7) is 4.74. The first kappa shape index (κ1) is 15.3. The second-order valence-corrected chi connectivity index (χ2v) is 4.58. The highest BCUT2D eigenvalue weighted by molar-refractivity contribution is 6.30. The van der Waals surface area contributed by atoms with Crippen LogP contribution < -0.4 is 10.1 Å². The Labute approximate surface area is 113 Å². The molecule has 0 aliphatic rings. The molecular formula is C14H21ClFNO. The van der Waals surface area contributed by atoms with Crippen LogP contribution in [-0.4, -0.2) is 19.7 Å². The summed E-state index contributed by atoms with van der Waals surface area (Å²) in [5.41, 5.74) is 0. The number of halogens is 2. The molecule has 0 aliphatic heterocycles. The fourth-order valence-electron chi connectivity index (χ4n) is 1.66. The lowest BCUT2D eigenvalue weighted by Crippen LogP contribution is -2.13. The van der Waals surface area contributed by atoms with E-state index in [-0.39, 0.29) is 10.8 Å². The molecule has 0 saturated carbocycles. The molecule has 4 heteroatoms. The van der Waals surface area contributed by atoms with Crippen LogP contribution in [0.2, 0.25) is 5.02 Å². The zero-order valence-corrected chi connectivity index (χ0v) is 11.6. The lowest BCUT2D eigenvalue weighted by atomic mass is 10.2. The van der Waals surface area contributed by atoms with Gasteiger partial charge in [0.1, 0.15) is 0 Å². The van der Waals surface area contributed by atoms with E-state index in [4.69, 9.17) is 16.3 Å². The largest absolute Gasteiger partial charge is 0.490 e. The summed E-state index contributed by atoms with van der Waals surface area (Å²) in [7, 11) is 0. The Bertz CT molecular complexity index is 347. The minimum absolute atomic E-state index is 0.109. The van der Waals surface area contributed by atoms with Crippen molar-refractivity contribution in [2.24, 2.45) is 0 Å². The standard InChI is InChI=1S/C14H21ClFNO/c1-2-17-10-5-3-4-6-11-18-13-9-7-8-12(15)14(13)16/h7-9,17H,2-6,10-11H2,1H3. The van der Waals surface area contributed by atoms with Gasteiger partial charge in [-0.3, -0.25) is 0 Å². The van der Waals surface area contributed by atoms with Crippen molar-refractivity contribution in [3.05, 3.63) is 29.0 Å². The minimum Gasteiger partial charge on any atom is -0.490 e. The van der Waals surface area contributed by atoms with Crippen LogP contribution in [0.5, 0.6) is 5.75 Å². The maximum atomic E-state index is 13.5.